The number of hydrogen-bond donors (Lipinski definition) is 2. The molecule has 0 saturated carbocycles. The summed E-state index contributed by atoms with van der Waals surface area (Å²) < 4.78 is 105. The van der Waals surface area contributed by atoms with E-state index >= 15 is 0 Å². The molecule has 1 aromatic heterocycles. The maximum Gasteiger partial charge on any atom is 1.00 e. The predicted octanol–water partition coefficient (Wildman–Crippen LogP) is 2.26. The molecule has 21 heteroatoms. The smallest absolute Gasteiger partial charge is 0.748 e. The number of anilines is 1. The number of nitrogens with two attached hydrogens (primary N) is 2. The van der Waals surface area contributed by atoms with Gasteiger partial charge in [0.05, 0.1) is 53.5 Å². The van der Waals surface area contributed by atoms with Crippen LogP contribution in [0.4, 0.5) is 11.4 Å². The molecule has 0 spiro atoms. The third kappa shape index (κ3) is 10.4. The van der Waals surface area contributed by atoms with E-state index in [0.29, 0.717) is 24.1 Å². The van der Waals surface area contributed by atoms with Crippen LogP contribution in [0.15, 0.2) is 106 Å². The van der Waals surface area contributed by atoms with Crippen LogP contribution < -0.4 is 45.5 Å². The average molecular weight is 925 g/mol. The Balaban J connectivity index is 0.00000704. The Labute approximate surface area is 384 Å². The number of nitrogens with zero attached hydrogens (tertiary/aromatic N) is 4. The number of sulfonamides is 1. The van der Waals surface area contributed by atoms with Crippen molar-refractivity contribution in [2.24, 2.45) is 11.0 Å². The number of fused-ring (bicyclic) bond motifs is 2. The monoisotopic (exact) mass is 924 g/mol. The molecule has 324 valence electrons. The summed E-state index contributed by atoms with van der Waals surface area (Å²) in [5, 5.41) is 7.84. The number of aromatic nitrogens is 2. The maximum absolute atomic E-state index is 12.4. The van der Waals surface area contributed by atoms with Crippen LogP contribution in [0.2, 0.25) is 0 Å². The van der Waals surface area contributed by atoms with E-state index < -0.39 is 51.6 Å². The Morgan fingerprint density at radius 3 is 2.23 bits per heavy atom. The Bertz CT molecular complexity index is 2670. The fourth-order valence-corrected chi connectivity index (χ4v) is 9.82. The molecule has 2 unspecified atom stereocenters. The number of primary sulfonamides is 1. The van der Waals surface area contributed by atoms with E-state index in [1.165, 1.54) is 19.9 Å². The second-order valence-corrected chi connectivity index (χ2v) is 22.1. The molecule has 3 aromatic rings. The van der Waals surface area contributed by atoms with Gasteiger partial charge in [0.1, 0.15) is 0 Å². The second-order valence-electron chi connectivity index (χ2n) is 16.2. The van der Waals surface area contributed by atoms with Crippen molar-refractivity contribution < 1.29 is 77.8 Å². The van der Waals surface area contributed by atoms with E-state index in [-0.39, 0.29) is 60.4 Å². The van der Waals surface area contributed by atoms with Gasteiger partial charge in [-0.2, -0.15) is 15.6 Å². The fourth-order valence-electron chi connectivity index (χ4n) is 8.08. The van der Waals surface area contributed by atoms with E-state index in [0.717, 1.165) is 56.4 Å². The van der Waals surface area contributed by atoms with Crippen molar-refractivity contribution in [3.63, 3.8) is 0 Å². The first-order chi connectivity index (χ1) is 28.0. The second kappa shape index (κ2) is 18.6. The molecule has 2 atom stereocenters. The molecule has 3 aliphatic rings. The minimum absolute atomic E-state index is 0. The van der Waals surface area contributed by atoms with Crippen molar-refractivity contribution in [1.82, 2.24) is 9.78 Å². The van der Waals surface area contributed by atoms with Gasteiger partial charge in [0.2, 0.25) is 15.7 Å². The summed E-state index contributed by atoms with van der Waals surface area (Å²) in [5.74, 6) is 5.08. The zero-order chi connectivity index (χ0) is 44.0. The predicted molar refractivity (Wildman–Crippen MR) is 227 cm³/mol. The SMILES string of the molecule is CC(CCN1/C(=C\C=C2\CCC(/C=C/C3=[N+](CCC(C)S(=O)(=O)[O-])c4ccc(SOON)cc4C3(C)C)=C2n2cccn2)C(C)(C)c2cc(S(N)(=O)=O)ccc21)S(=O)(=O)[O-].[Na+]. The minimum atomic E-state index is -4.55. The fraction of sp³-hybridized carbons (Fsp3) is 0.400. The van der Waals surface area contributed by atoms with Gasteiger partial charge in [-0.25, -0.2) is 35.1 Å². The molecule has 4 N–H and O–H groups in total. The van der Waals surface area contributed by atoms with E-state index in [9.17, 15) is 34.4 Å². The van der Waals surface area contributed by atoms with Gasteiger partial charge in [-0.05, 0) is 106 Å². The van der Waals surface area contributed by atoms with Gasteiger partial charge in [0.15, 0.2) is 12.3 Å². The molecule has 0 saturated heterocycles. The molecule has 2 aliphatic heterocycles. The summed E-state index contributed by atoms with van der Waals surface area (Å²) in [4.78, 5) is 6.91. The van der Waals surface area contributed by atoms with Crippen molar-refractivity contribution in [3.05, 3.63) is 107 Å². The van der Waals surface area contributed by atoms with E-state index in [2.05, 4.69) is 23.9 Å². The van der Waals surface area contributed by atoms with Crippen LogP contribution in [0.25, 0.3) is 5.70 Å². The Hall–Kier alpha value is -2.96. The summed E-state index contributed by atoms with van der Waals surface area (Å²) in [7, 11) is -13.1. The van der Waals surface area contributed by atoms with Gasteiger partial charge >= 0.3 is 29.6 Å². The first-order valence-corrected chi connectivity index (χ1v) is 24.4. The zero-order valence-electron chi connectivity index (χ0n) is 35.1. The minimum Gasteiger partial charge on any atom is -0.748 e. The number of benzene rings is 2. The van der Waals surface area contributed by atoms with E-state index in [1.54, 1.807) is 23.0 Å². The van der Waals surface area contributed by atoms with Gasteiger partial charge in [-0.3, -0.25) is 0 Å². The van der Waals surface area contributed by atoms with Gasteiger partial charge in [0.25, 0.3) is 0 Å². The molecule has 16 nitrogen and oxygen atoms in total. The van der Waals surface area contributed by atoms with E-state index in [1.807, 2.05) is 78.1 Å². The van der Waals surface area contributed by atoms with E-state index in [4.69, 9.17) is 15.4 Å². The van der Waals surface area contributed by atoms with Crippen molar-refractivity contribution in [1.29, 1.82) is 0 Å². The molecule has 2 aromatic carbocycles. The molecule has 0 amide bonds. The van der Waals surface area contributed by atoms with Gasteiger partial charge < -0.3 is 14.0 Å². The molecule has 0 radical (unpaired) electrons. The molecular formula is C40H49N6NaO10S4. The summed E-state index contributed by atoms with van der Waals surface area (Å²) in [6, 6.07) is 12.1. The molecule has 6 rings (SSSR count). The summed E-state index contributed by atoms with van der Waals surface area (Å²) in [6.07, 6.45) is 13.0. The van der Waals surface area contributed by atoms with Crippen LogP contribution in [-0.4, -0.2) is 78.0 Å². The van der Waals surface area contributed by atoms with Crippen molar-refractivity contribution in [2.75, 3.05) is 18.0 Å². The Morgan fingerprint density at radius 1 is 0.918 bits per heavy atom. The number of rotatable bonds is 16. The zero-order valence-corrected chi connectivity index (χ0v) is 40.3. The van der Waals surface area contributed by atoms with Gasteiger partial charge in [0, 0.05) is 70.0 Å². The Morgan fingerprint density at radius 2 is 1.61 bits per heavy atom. The van der Waals surface area contributed by atoms with Gasteiger partial charge in [-0.1, -0.05) is 26.0 Å². The molecule has 0 fully saturated rings. The number of allylic oxidation sites excluding steroid dienone is 8. The van der Waals surface area contributed by atoms with Crippen LogP contribution in [0, 0.1) is 0 Å². The normalized spacial score (nSPS) is 19.9. The van der Waals surface area contributed by atoms with Crippen molar-refractivity contribution in [3.8, 4) is 0 Å². The van der Waals surface area contributed by atoms with Crippen LogP contribution in [0.3, 0.4) is 0 Å². The first-order valence-electron chi connectivity index (χ1n) is 19.1. The topological polar surface area (TPSA) is 243 Å². The van der Waals surface area contributed by atoms with Gasteiger partial charge in [-0.15, -0.1) is 9.32 Å². The van der Waals surface area contributed by atoms with Crippen molar-refractivity contribution >= 4 is 65.1 Å². The van der Waals surface area contributed by atoms with Crippen LogP contribution in [-0.2, 0) is 50.4 Å². The van der Waals surface area contributed by atoms with Crippen LogP contribution in [0.5, 0.6) is 0 Å². The molecule has 3 heterocycles. The van der Waals surface area contributed by atoms with Crippen molar-refractivity contribution in [2.45, 2.75) is 98.3 Å². The number of hydrogen-bond acceptors (Lipinski definition) is 14. The summed E-state index contributed by atoms with van der Waals surface area (Å²) in [5.41, 5.74) is 6.27. The summed E-state index contributed by atoms with van der Waals surface area (Å²) in [6.45, 7) is 11.3. The third-order valence-electron chi connectivity index (χ3n) is 11.6. The molecule has 1 aliphatic carbocycles. The molecule has 0 bridgehead atoms. The molecular weight excluding hydrogens is 876 g/mol. The quantitative estimate of drug-likeness (QED) is 0.0523. The standard InChI is InChI=1S/C40H50N6O10S4.Na/c1-26(59(49,50)51)18-22-44-34-14-12-30(57-56-55-41)24-32(34)39(3,4)36(44)16-10-28-8-9-29(38(28)46-21-7-20-43-46)11-17-37-40(5,6)33-25-31(58(42,47)48)13-15-35(33)45(37)23-19-27(2)60(52,53)54;/h7,10-17,20-21,24-27H,8-9,18-19,22-23,41H2,1-6H3,(H3-,42,47,48,49,50,51,52,53,54);/q;+1/p-1. The van der Waals surface area contributed by atoms with Crippen LogP contribution >= 0.6 is 12.0 Å². The molecule has 61 heavy (non-hydrogen) atoms. The third-order valence-corrected chi connectivity index (χ3v) is 15.6. The Kier molecular flexibility index (Phi) is 15.0. The first kappa shape index (κ1) is 49.1. The average Bonchev–Trinajstić information content (AvgIpc) is 3.92. The van der Waals surface area contributed by atoms with Crippen LogP contribution in [0.1, 0.15) is 78.4 Å². The maximum atomic E-state index is 12.4. The largest absolute Gasteiger partial charge is 1.00 e. The summed E-state index contributed by atoms with van der Waals surface area (Å²) >= 11 is 0.950.